The van der Waals surface area contributed by atoms with Crippen LogP contribution in [0.4, 0.5) is 0 Å². The Morgan fingerprint density at radius 3 is 2.67 bits per heavy atom. The molecule has 6 nitrogen and oxygen atoms in total. The lowest BCUT2D eigenvalue weighted by molar-refractivity contribution is 0.519. The minimum Gasteiger partial charge on any atom is -0.319 e. The van der Waals surface area contributed by atoms with Crippen LogP contribution in [0, 0.1) is 17.2 Å². The van der Waals surface area contributed by atoms with E-state index in [0.717, 1.165) is 6.54 Å². The van der Waals surface area contributed by atoms with Crippen LogP contribution in [0.2, 0.25) is 0 Å². The maximum atomic E-state index is 11.9. The Morgan fingerprint density at radius 2 is 2.17 bits per heavy atom. The summed E-state index contributed by atoms with van der Waals surface area (Å²) in [5.41, 5.74) is 0.192. The molecule has 0 fully saturated rings. The Bertz CT molecular complexity index is 519. The fraction of sp³-hybridized carbons (Fsp3) is 0.455. The predicted octanol–water partition coefficient (Wildman–Crippen LogP) is 0.0871. The molecule has 0 aliphatic heterocycles. The van der Waals surface area contributed by atoms with E-state index < -0.39 is 10.0 Å². The molecule has 0 aliphatic carbocycles. The third kappa shape index (κ3) is 4.07. The summed E-state index contributed by atoms with van der Waals surface area (Å²) < 4.78 is 26.3. The molecule has 0 saturated carbocycles. The molecule has 1 atom stereocenters. The number of aromatic nitrogens is 1. The molecule has 0 spiro atoms. The second-order valence-electron chi connectivity index (χ2n) is 4.01. The Kier molecular flexibility index (Phi) is 5.22. The van der Waals surface area contributed by atoms with E-state index >= 15 is 0 Å². The highest BCUT2D eigenvalue weighted by atomic mass is 32.2. The van der Waals surface area contributed by atoms with Crippen LogP contribution in [0.1, 0.15) is 12.6 Å². The molecule has 1 aromatic rings. The van der Waals surface area contributed by atoms with Gasteiger partial charge in [0, 0.05) is 12.7 Å². The summed E-state index contributed by atoms with van der Waals surface area (Å²) in [5.74, 6) is 0.191. The van der Waals surface area contributed by atoms with Crippen LogP contribution in [0.5, 0.6) is 0 Å². The number of nitrogens with one attached hydrogen (secondary N) is 2. The molecular formula is C11H16N4O2S. The smallest absolute Gasteiger partial charge is 0.242 e. The molecule has 1 aromatic heterocycles. The van der Waals surface area contributed by atoms with Crippen molar-refractivity contribution >= 4 is 10.0 Å². The maximum Gasteiger partial charge on any atom is 0.242 e. The maximum absolute atomic E-state index is 11.9. The van der Waals surface area contributed by atoms with Crippen LogP contribution < -0.4 is 10.0 Å². The van der Waals surface area contributed by atoms with E-state index in [2.05, 4.69) is 15.0 Å². The predicted molar refractivity (Wildman–Crippen MR) is 67.2 cm³/mol. The number of hydrogen-bond acceptors (Lipinski definition) is 5. The molecule has 0 bridgehead atoms. The number of sulfonamides is 1. The lowest BCUT2D eigenvalue weighted by Gasteiger charge is -2.12. The monoisotopic (exact) mass is 268 g/mol. The normalized spacial score (nSPS) is 12.9. The zero-order valence-electron chi connectivity index (χ0n) is 10.3. The second-order valence-corrected chi connectivity index (χ2v) is 5.77. The van der Waals surface area contributed by atoms with Crippen molar-refractivity contribution in [3.63, 3.8) is 0 Å². The van der Waals surface area contributed by atoms with E-state index in [1.54, 1.807) is 0 Å². The quantitative estimate of drug-likeness (QED) is 0.762. The Hall–Kier alpha value is -1.49. The first kappa shape index (κ1) is 14.6. The van der Waals surface area contributed by atoms with Gasteiger partial charge >= 0.3 is 0 Å². The first-order valence-electron chi connectivity index (χ1n) is 5.50. The van der Waals surface area contributed by atoms with Crippen molar-refractivity contribution in [2.45, 2.75) is 11.8 Å². The van der Waals surface area contributed by atoms with Crippen molar-refractivity contribution in [2.24, 2.45) is 5.92 Å². The molecule has 1 heterocycles. The summed E-state index contributed by atoms with van der Waals surface area (Å²) in [4.78, 5) is 3.80. The molecule has 1 rings (SSSR count). The van der Waals surface area contributed by atoms with Gasteiger partial charge in [-0.2, -0.15) is 5.26 Å². The van der Waals surface area contributed by atoms with Crippen molar-refractivity contribution in [2.75, 3.05) is 20.1 Å². The van der Waals surface area contributed by atoms with E-state index in [9.17, 15) is 8.42 Å². The molecule has 18 heavy (non-hydrogen) atoms. The Labute approximate surface area is 107 Å². The van der Waals surface area contributed by atoms with Gasteiger partial charge in [0.2, 0.25) is 10.0 Å². The van der Waals surface area contributed by atoms with Gasteiger partial charge in [0.05, 0.1) is 0 Å². The van der Waals surface area contributed by atoms with Gasteiger partial charge in [-0.25, -0.2) is 18.1 Å². The van der Waals surface area contributed by atoms with Crippen molar-refractivity contribution in [1.82, 2.24) is 15.0 Å². The average molecular weight is 268 g/mol. The van der Waals surface area contributed by atoms with Crippen LogP contribution in [-0.4, -0.2) is 33.5 Å². The minimum atomic E-state index is -3.55. The molecular weight excluding hydrogens is 252 g/mol. The van der Waals surface area contributed by atoms with Crippen molar-refractivity contribution < 1.29 is 8.42 Å². The van der Waals surface area contributed by atoms with Gasteiger partial charge in [0.15, 0.2) is 0 Å². The molecule has 0 radical (unpaired) electrons. The van der Waals surface area contributed by atoms with Crippen LogP contribution in [-0.2, 0) is 10.0 Å². The van der Waals surface area contributed by atoms with Crippen LogP contribution in [0.25, 0.3) is 0 Å². The number of hydrogen-bond donors (Lipinski definition) is 2. The lowest BCUT2D eigenvalue weighted by Crippen LogP contribution is -2.32. The number of nitrogens with zero attached hydrogens (tertiary/aromatic N) is 2. The number of nitriles is 1. The third-order valence-electron chi connectivity index (χ3n) is 2.34. The van der Waals surface area contributed by atoms with Crippen LogP contribution in [0.15, 0.2) is 23.2 Å². The van der Waals surface area contributed by atoms with Gasteiger partial charge in [0.1, 0.15) is 16.7 Å². The van der Waals surface area contributed by atoms with Crippen molar-refractivity contribution in [1.29, 1.82) is 5.26 Å². The molecule has 0 aromatic carbocycles. The first-order chi connectivity index (χ1) is 8.49. The summed E-state index contributed by atoms with van der Waals surface area (Å²) in [6.07, 6.45) is 1.18. The van der Waals surface area contributed by atoms with Crippen molar-refractivity contribution in [3.05, 3.63) is 24.0 Å². The fourth-order valence-corrected chi connectivity index (χ4v) is 2.47. The summed E-state index contributed by atoms with van der Waals surface area (Å²) in [7, 11) is -1.73. The molecule has 1 unspecified atom stereocenters. The van der Waals surface area contributed by atoms with E-state index in [1.165, 1.54) is 18.3 Å². The van der Waals surface area contributed by atoms with Gasteiger partial charge < -0.3 is 5.32 Å². The summed E-state index contributed by atoms with van der Waals surface area (Å²) in [5, 5.41) is 11.6. The van der Waals surface area contributed by atoms with Crippen LogP contribution >= 0.6 is 0 Å². The highest BCUT2D eigenvalue weighted by Gasteiger charge is 2.15. The minimum absolute atomic E-state index is 0.0677. The number of pyridine rings is 1. The highest BCUT2D eigenvalue weighted by molar-refractivity contribution is 7.89. The average Bonchev–Trinajstić information content (AvgIpc) is 2.37. The van der Waals surface area contributed by atoms with E-state index in [1.807, 2.05) is 20.0 Å². The van der Waals surface area contributed by atoms with Gasteiger partial charge in [-0.3, -0.25) is 0 Å². The largest absolute Gasteiger partial charge is 0.319 e. The van der Waals surface area contributed by atoms with Gasteiger partial charge in [-0.15, -0.1) is 0 Å². The van der Waals surface area contributed by atoms with Crippen molar-refractivity contribution in [3.8, 4) is 6.07 Å². The van der Waals surface area contributed by atoms with Gasteiger partial charge in [-0.1, -0.05) is 6.92 Å². The molecule has 7 heteroatoms. The lowest BCUT2D eigenvalue weighted by atomic mass is 10.2. The highest BCUT2D eigenvalue weighted by Crippen LogP contribution is 2.07. The van der Waals surface area contributed by atoms with Gasteiger partial charge in [0.25, 0.3) is 0 Å². The van der Waals surface area contributed by atoms with E-state index in [0.29, 0.717) is 6.54 Å². The summed E-state index contributed by atoms with van der Waals surface area (Å²) in [6, 6.07) is 4.59. The standard InChI is InChI=1S/C11H16N4O2S/c1-9(6-13-2)7-15-18(16,17)11-4-3-10(5-12)14-8-11/h3-4,8-9,13,15H,6-7H2,1-2H3. The molecule has 0 aliphatic rings. The van der Waals surface area contributed by atoms with Crippen LogP contribution in [0.3, 0.4) is 0 Å². The van der Waals surface area contributed by atoms with E-state index in [4.69, 9.17) is 5.26 Å². The Balaban J connectivity index is 2.71. The fourth-order valence-electron chi connectivity index (χ4n) is 1.36. The topological polar surface area (TPSA) is 94.9 Å². The molecule has 0 saturated heterocycles. The zero-order valence-corrected chi connectivity index (χ0v) is 11.2. The molecule has 2 N–H and O–H groups in total. The second kappa shape index (κ2) is 6.44. The zero-order chi connectivity index (χ0) is 13.6. The van der Waals surface area contributed by atoms with Gasteiger partial charge in [-0.05, 0) is 31.6 Å². The third-order valence-corrected chi connectivity index (χ3v) is 3.74. The number of rotatable bonds is 6. The molecule has 98 valence electrons. The molecule has 0 amide bonds. The first-order valence-corrected chi connectivity index (χ1v) is 6.98. The van der Waals surface area contributed by atoms with E-state index in [-0.39, 0.29) is 16.5 Å². The summed E-state index contributed by atoms with van der Waals surface area (Å²) >= 11 is 0. The summed E-state index contributed by atoms with van der Waals surface area (Å²) in [6.45, 7) is 3.02. The SMILES string of the molecule is CNCC(C)CNS(=O)(=O)c1ccc(C#N)nc1. The Morgan fingerprint density at radius 1 is 1.44 bits per heavy atom.